The zero-order valence-electron chi connectivity index (χ0n) is 26.0. The molecule has 0 radical (unpaired) electrons. The Hall–Kier alpha value is -0.940. The van der Waals surface area contributed by atoms with Gasteiger partial charge in [-0.1, -0.05) is 62.2 Å². The number of hydrogen-bond donors (Lipinski definition) is 2. The van der Waals surface area contributed by atoms with Crippen LogP contribution in [-0.4, -0.2) is 29.2 Å². The van der Waals surface area contributed by atoms with Crippen molar-refractivity contribution in [2.45, 2.75) is 107 Å². The summed E-state index contributed by atoms with van der Waals surface area (Å²) in [7, 11) is -5.84. The number of halogens is 5. The van der Waals surface area contributed by atoms with Crippen molar-refractivity contribution >= 4 is 42.0 Å². The van der Waals surface area contributed by atoms with Crippen LogP contribution in [0.1, 0.15) is 93.7 Å². The molecule has 0 aromatic heterocycles. The molecule has 2 aromatic carbocycles. The Morgan fingerprint density at radius 2 is 1.07 bits per heavy atom. The fraction of sp³-hybridized carbons (Fsp3) is 0.657. The first kappa shape index (κ1) is 35.4. The highest BCUT2D eigenvalue weighted by Crippen LogP contribution is 2.61. The number of aryl methyl sites for hydroxylation is 2. The lowest BCUT2D eigenvalue weighted by Gasteiger charge is -2.57. The molecule has 8 aliphatic rings. The Morgan fingerprint density at radius 1 is 0.689 bits per heavy atom. The van der Waals surface area contributed by atoms with Gasteiger partial charge in [0.25, 0.3) is 0 Å². The topological polar surface area (TPSA) is 74.6 Å². The molecule has 0 saturated heterocycles. The minimum atomic E-state index is -5.84. The van der Waals surface area contributed by atoms with Crippen molar-refractivity contribution in [1.82, 2.24) is 0 Å². The van der Waals surface area contributed by atoms with E-state index in [1.54, 1.807) is 5.56 Å². The van der Waals surface area contributed by atoms with Gasteiger partial charge in [-0.2, -0.15) is 21.6 Å². The monoisotopic (exact) mass is 776 g/mol. The molecule has 45 heavy (non-hydrogen) atoms. The maximum absolute atomic E-state index is 10.7. The van der Waals surface area contributed by atoms with E-state index in [-0.39, 0.29) is 5.60 Å². The lowest BCUT2D eigenvalue weighted by atomic mass is 9.48. The lowest BCUT2D eigenvalue weighted by molar-refractivity contribution is -0.124. The van der Waals surface area contributed by atoms with Crippen molar-refractivity contribution in [3.8, 4) is 0 Å². The van der Waals surface area contributed by atoms with Crippen molar-refractivity contribution in [3.05, 3.63) is 68.1 Å². The molecule has 8 aliphatic carbocycles. The molecule has 250 valence electrons. The van der Waals surface area contributed by atoms with Gasteiger partial charge in [-0.3, -0.25) is 4.55 Å². The Bertz CT molecular complexity index is 1370. The summed E-state index contributed by atoms with van der Waals surface area (Å²) in [6.07, 6.45) is 16.7. The predicted molar refractivity (Wildman–Crippen MR) is 178 cm³/mol. The Morgan fingerprint density at radius 3 is 1.38 bits per heavy atom. The number of rotatable bonds is 1. The first-order valence-corrected chi connectivity index (χ1v) is 19.2. The standard InChI is InChI=1S/C17H21Br.C10H16O.C7H7Br.CHF3O3S/c1-11-4-15(2-3-16(11)18)17-8-12-5-13(9-17)7-14(6-12)10-17;11-10-4-7-1-8(5-10)3-9(2-7)6-10;1-6-4-2-3-5-7(6)8;2-1(3,4)8(5,6)7/h2-4,12-14H,5-10H2,1H3;7-9,11H,1-6H2;2-5H,1H3;(H,5,6,7). The zero-order valence-corrected chi connectivity index (χ0v) is 30.0. The Kier molecular flexibility index (Phi) is 10.6. The van der Waals surface area contributed by atoms with Gasteiger partial charge in [0, 0.05) is 8.95 Å². The Balaban J connectivity index is 0.000000128. The molecule has 8 saturated carbocycles. The summed E-state index contributed by atoms with van der Waals surface area (Å²) in [6, 6.07) is 15.3. The second kappa shape index (κ2) is 13.5. The molecule has 0 amide bonds. The molecule has 8 bridgehead atoms. The highest BCUT2D eigenvalue weighted by Gasteiger charge is 2.52. The van der Waals surface area contributed by atoms with Gasteiger partial charge in [-0.05, 0) is 161 Å². The van der Waals surface area contributed by atoms with Gasteiger partial charge in [-0.25, -0.2) is 0 Å². The molecule has 2 aromatic rings. The number of benzene rings is 2. The van der Waals surface area contributed by atoms with Gasteiger partial charge in [0.2, 0.25) is 0 Å². The van der Waals surface area contributed by atoms with Gasteiger partial charge < -0.3 is 5.11 Å². The third-order valence-corrected chi connectivity index (χ3v) is 13.5. The number of hydrogen-bond acceptors (Lipinski definition) is 3. The SMILES string of the molecule is Cc1cc(C23CC4CC(CC(C4)C2)C3)ccc1Br.Cc1ccccc1Br.O=S(=O)(O)C(F)(F)F.OC12CC3CC(CC(C3)C1)C2. The van der Waals surface area contributed by atoms with Crippen LogP contribution in [0.25, 0.3) is 0 Å². The molecule has 0 spiro atoms. The molecule has 2 N–H and O–H groups in total. The predicted octanol–water partition coefficient (Wildman–Crippen LogP) is 10.3. The summed E-state index contributed by atoms with van der Waals surface area (Å²) in [5.74, 6) is 5.81. The maximum Gasteiger partial charge on any atom is 0.522 e. The number of alkyl halides is 3. The first-order chi connectivity index (χ1) is 20.9. The van der Waals surface area contributed by atoms with Crippen LogP contribution in [-0.2, 0) is 15.5 Å². The normalized spacial score (nSPS) is 35.4. The Labute approximate surface area is 283 Å². The smallest absolute Gasteiger partial charge is 0.390 e. The number of aliphatic hydroxyl groups is 1. The van der Waals surface area contributed by atoms with Crippen LogP contribution in [0.2, 0.25) is 0 Å². The van der Waals surface area contributed by atoms with Crippen LogP contribution < -0.4 is 0 Å². The lowest BCUT2D eigenvalue weighted by Crippen LogP contribution is -2.50. The van der Waals surface area contributed by atoms with E-state index in [1.807, 2.05) is 18.2 Å². The molecule has 0 aliphatic heterocycles. The van der Waals surface area contributed by atoms with E-state index in [1.165, 1.54) is 77.9 Å². The maximum atomic E-state index is 10.7. The molecule has 0 atom stereocenters. The van der Waals surface area contributed by atoms with E-state index in [0.29, 0.717) is 5.41 Å². The van der Waals surface area contributed by atoms with Crippen LogP contribution >= 0.6 is 31.9 Å². The van der Waals surface area contributed by atoms with Gasteiger partial charge in [-0.15, -0.1) is 0 Å². The third kappa shape index (κ3) is 8.57. The third-order valence-electron chi connectivity index (χ3n) is 11.2. The molecule has 0 heterocycles. The van der Waals surface area contributed by atoms with E-state index in [9.17, 15) is 18.3 Å². The summed E-state index contributed by atoms with van der Waals surface area (Å²) in [5.41, 5.74) is -0.847. The molecule has 0 unspecified atom stereocenters. The molecule has 10 rings (SSSR count). The van der Waals surface area contributed by atoms with Crippen LogP contribution in [0.5, 0.6) is 0 Å². The van der Waals surface area contributed by atoms with Crippen LogP contribution in [0.4, 0.5) is 13.2 Å². The average molecular weight is 779 g/mol. The minimum absolute atomic E-state index is 0.200. The van der Waals surface area contributed by atoms with Gasteiger partial charge in [0.1, 0.15) is 0 Å². The van der Waals surface area contributed by atoms with Crippen molar-refractivity contribution < 1.29 is 31.2 Å². The van der Waals surface area contributed by atoms with E-state index < -0.39 is 15.6 Å². The summed E-state index contributed by atoms with van der Waals surface area (Å²) in [4.78, 5) is 0. The van der Waals surface area contributed by atoms with Crippen LogP contribution in [0.3, 0.4) is 0 Å². The minimum Gasteiger partial charge on any atom is -0.390 e. The summed E-state index contributed by atoms with van der Waals surface area (Å²) < 4.78 is 60.0. The van der Waals surface area contributed by atoms with Crippen molar-refractivity contribution in [2.75, 3.05) is 0 Å². The summed E-state index contributed by atoms with van der Waals surface area (Å²) in [5, 5.41) is 10.1. The highest BCUT2D eigenvalue weighted by atomic mass is 79.9. The van der Waals surface area contributed by atoms with E-state index >= 15 is 0 Å². The van der Waals surface area contributed by atoms with E-state index in [0.717, 1.165) is 54.8 Å². The molecular weight excluding hydrogens is 733 g/mol. The summed E-state index contributed by atoms with van der Waals surface area (Å²) in [6.45, 7) is 4.30. The van der Waals surface area contributed by atoms with E-state index in [4.69, 9.17) is 13.0 Å². The van der Waals surface area contributed by atoms with Gasteiger partial charge in [0.05, 0.1) is 5.60 Å². The molecule has 10 heteroatoms. The van der Waals surface area contributed by atoms with Gasteiger partial charge >= 0.3 is 15.6 Å². The largest absolute Gasteiger partial charge is 0.522 e. The fourth-order valence-electron chi connectivity index (χ4n) is 10.1. The molecule has 4 nitrogen and oxygen atoms in total. The van der Waals surface area contributed by atoms with Crippen LogP contribution in [0.15, 0.2) is 51.4 Å². The second-order valence-corrected chi connectivity index (χ2v) is 18.1. The second-order valence-electron chi connectivity index (χ2n) is 15.0. The summed E-state index contributed by atoms with van der Waals surface area (Å²) >= 11 is 7.03. The fourth-order valence-corrected chi connectivity index (χ4v) is 10.6. The van der Waals surface area contributed by atoms with Crippen molar-refractivity contribution in [3.63, 3.8) is 0 Å². The average Bonchev–Trinajstić information content (AvgIpc) is 2.90. The zero-order chi connectivity index (χ0) is 32.8. The first-order valence-electron chi connectivity index (χ1n) is 16.2. The quantitative estimate of drug-likeness (QED) is 0.223. The highest BCUT2D eigenvalue weighted by molar-refractivity contribution is 9.10. The molecule has 8 fully saturated rings. The van der Waals surface area contributed by atoms with Crippen LogP contribution in [0, 0.1) is 49.4 Å². The van der Waals surface area contributed by atoms with Gasteiger partial charge in [0.15, 0.2) is 0 Å². The van der Waals surface area contributed by atoms with Crippen molar-refractivity contribution in [1.29, 1.82) is 0 Å². The van der Waals surface area contributed by atoms with Crippen molar-refractivity contribution in [2.24, 2.45) is 35.5 Å². The van der Waals surface area contributed by atoms with E-state index in [2.05, 4.69) is 70.0 Å². The molecular formula is C35H45Br2F3O4S.